The summed E-state index contributed by atoms with van der Waals surface area (Å²) < 4.78 is 176. The second kappa shape index (κ2) is 89.7. The maximum Gasteiger partial charge on any atom is 0.188 e. The van der Waals surface area contributed by atoms with E-state index >= 15 is 0 Å². The largest absolute Gasteiger partial charge is 0.394 e. The van der Waals surface area contributed by atoms with Crippen molar-refractivity contribution in [2.75, 3.05) is 160 Å². The molecule has 0 spiro atoms. The van der Waals surface area contributed by atoms with Crippen LogP contribution >= 0.6 is 0 Å². The third-order valence-corrected chi connectivity index (χ3v) is 5.33. The van der Waals surface area contributed by atoms with E-state index in [1.807, 2.05) is 27.7 Å². The number of carbonyl (C=O) groups is 1. The molecule has 76 heavy (non-hydrogen) atoms. The molecule has 0 aromatic rings. The standard InChI is InChI=1S/C10H19FO5.C7H15FO5.C7H13FO3.C4H9FO3.C3H6O.6C2H5F.2CH3FO/c1-10(2)15-6-9(16-10)5-13-3-8(12)4-14-7-11;8-5-13-4-7(11)3-12-2-6(10)1-9;1-7(2)10-4-6(11-7)3-9-5-8;5-3-8-2-4(7)1-6;1-3(2)4;6*1-2-3;2*2-1-3/h8-9,12H,3-7H2,1-2H3;6-7,9-11H,1-5H2;6H,3-5H2,1-2H3;4,6-7H,1-3H2;1-2H3;6*2H2,1H3;2*3H,1H2. The minimum Gasteiger partial charge on any atom is -0.394 e. The van der Waals surface area contributed by atoms with Crippen LogP contribution in [0.1, 0.15) is 83.1 Å². The molecule has 19 nitrogen and oxygen atoms in total. The van der Waals surface area contributed by atoms with Crippen LogP contribution in [0.15, 0.2) is 0 Å². The molecule has 6 atom stereocenters. The normalized spacial score (nSPS) is 16.1. The summed E-state index contributed by atoms with van der Waals surface area (Å²) in [7, 11) is 0. The lowest BCUT2D eigenvalue weighted by molar-refractivity contribution is -0.147. The summed E-state index contributed by atoms with van der Waals surface area (Å²) >= 11 is 0. The molecule has 6 unspecified atom stereocenters. The van der Waals surface area contributed by atoms with Crippen molar-refractivity contribution < 1.29 is 146 Å². The van der Waals surface area contributed by atoms with Gasteiger partial charge in [-0.05, 0) is 83.1 Å². The second-order valence-corrected chi connectivity index (χ2v) is 13.6. The van der Waals surface area contributed by atoms with Gasteiger partial charge in [0.15, 0.2) is 52.7 Å². The first kappa shape index (κ1) is 99.5. The first-order chi connectivity index (χ1) is 35.7. The fraction of sp³-hybridized carbons (Fsp3) is 0.978. The van der Waals surface area contributed by atoms with E-state index in [-0.39, 0.29) is 111 Å². The number of rotatable bonds is 22. The van der Waals surface area contributed by atoms with Gasteiger partial charge in [-0.25, -0.2) is 26.3 Å². The molecule has 2 saturated heterocycles. The molecule has 31 heteroatoms. The third-order valence-electron chi connectivity index (χ3n) is 5.33. The zero-order valence-electron chi connectivity index (χ0n) is 46.5. The highest BCUT2D eigenvalue weighted by molar-refractivity contribution is 5.72. The van der Waals surface area contributed by atoms with Crippen molar-refractivity contribution in [1.29, 1.82) is 0 Å². The Morgan fingerprint density at radius 1 is 0.434 bits per heavy atom. The average Bonchev–Trinajstić information content (AvgIpc) is 3.89. The molecule has 2 aliphatic heterocycles. The van der Waals surface area contributed by atoms with Crippen molar-refractivity contribution in [3.8, 4) is 0 Å². The topological polar surface area (TPSA) is 271 Å². The Kier molecular flexibility index (Phi) is 117. The molecule has 8 N–H and O–H groups in total. The Labute approximate surface area is 442 Å². The summed E-state index contributed by atoms with van der Waals surface area (Å²) in [6.07, 6.45) is -3.88. The molecule has 0 saturated carbocycles. The average molecular weight is 1170 g/mol. The van der Waals surface area contributed by atoms with E-state index in [1.54, 1.807) is 0 Å². The van der Waals surface area contributed by atoms with E-state index in [9.17, 15) is 62.6 Å². The van der Waals surface area contributed by atoms with Crippen LogP contribution in [0.3, 0.4) is 0 Å². The van der Waals surface area contributed by atoms with Crippen LogP contribution in [0, 0.1) is 0 Å². The van der Waals surface area contributed by atoms with Crippen LogP contribution in [0.25, 0.3) is 0 Å². The second-order valence-electron chi connectivity index (χ2n) is 13.6. The van der Waals surface area contributed by atoms with E-state index < -0.39 is 83.8 Å². The van der Waals surface area contributed by atoms with E-state index in [4.69, 9.17) is 64.2 Å². The number of carbonyl (C=O) groups excluding carboxylic acids is 1. The van der Waals surface area contributed by atoms with Gasteiger partial charge in [0.2, 0.25) is 0 Å². The van der Waals surface area contributed by atoms with Gasteiger partial charge in [-0.3, -0.25) is 26.3 Å². The zero-order chi connectivity index (χ0) is 62.1. The molecule has 0 amide bonds. The molecule has 0 aliphatic carbocycles. The first-order valence-corrected chi connectivity index (χ1v) is 23.2. The van der Waals surface area contributed by atoms with Gasteiger partial charge in [0.1, 0.15) is 42.4 Å². The molecule has 0 bridgehead atoms. The van der Waals surface area contributed by atoms with Crippen LogP contribution in [0.2, 0.25) is 0 Å². The first-order valence-electron chi connectivity index (χ1n) is 23.2. The molecule has 476 valence electrons. The van der Waals surface area contributed by atoms with Crippen LogP contribution in [-0.2, 0) is 52.2 Å². The highest BCUT2D eigenvalue weighted by Gasteiger charge is 2.33. The summed E-state index contributed by atoms with van der Waals surface area (Å²) in [4.78, 5) is 9.44. The number of Topliss-reactive ketones (excluding diaryl/α,β-unsaturated/α-hetero) is 1. The van der Waals surface area contributed by atoms with Gasteiger partial charge in [0.05, 0.1) is 119 Å². The van der Waals surface area contributed by atoms with Crippen LogP contribution in [-0.4, -0.2) is 255 Å². The highest BCUT2D eigenvalue weighted by atomic mass is 19.2. The Morgan fingerprint density at radius 3 is 0.842 bits per heavy atom. The van der Waals surface area contributed by atoms with Crippen molar-refractivity contribution in [1.82, 2.24) is 0 Å². The van der Waals surface area contributed by atoms with Gasteiger partial charge in [0, 0.05) is 0 Å². The van der Waals surface area contributed by atoms with Crippen LogP contribution in [0.5, 0.6) is 0 Å². The number of aliphatic hydroxyl groups excluding tert-OH is 8. The Balaban J connectivity index is -0.0000000715. The summed E-state index contributed by atoms with van der Waals surface area (Å²) in [6, 6.07) is 0. The molecule has 2 fully saturated rings. The lowest BCUT2D eigenvalue weighted by Gasteiger charge is -2.17. The molecule has 0 aromatic heterocycles. The lowest BCUT2D eigenvalue weighted by Crippen LogP contribution is -2.27. The van der Waals surface area contributed by atoms with Crippen LogP contribution in [0.4, 0.5) is 52.7 Å². The highest BCUT2D eigenvalue weighted by Crippen LogP contribution is 2.23. The SMILES string of the molecule is CC(C)=O.CC1(C)OCC(COCC(O)COCF)O1.CC1(C)OCC(COCF)O1.CCF.CCF.CCF.CCF.CCF.CCF.OCC(O)COCC(O)COCF.OCC(O)COCF.OCF.OCF. The van der Waals surface area contributed by atoms with Gasteiger partial charge >= 0.3 is 0 Å². The van der Waals surface area contributed by atoms with Crippen LogP contribution < -0.4 is 0 Å². The van der Waals surface area contributed by atoms with Crippen molar-refractivity contribution in [2.45, 2.75) is 131 Å². The maximum atomic E-state index is 11.6. The summed E-state index contributed by atoms with van der Waals surface area (Å²) in [5, 5.41) is 65.8. The van der Waals surface area contributed by atoms with Gasteiger partial charge in [-0.2, -0.15) is 0 Å². The molecule has 2 heterocycles. The fourth-order valence-electron chi connectivity index (χ4n) is 3.29. The number of halogens is 12. The van der Waals surface area contributed by atoms with Gasteiger partial charge < -0.3 is 93.0 Å². The predicted octanol–water partition coefficient (Wildman–Crippen LogP) is 5.75. The molecule has 2 aliphatic rings. The van der Waals surface area contributed by atoms with E-state index in [0.29, 0.717) is 19.8 Å². The molecule has 0 radical (unpaired) electrons. The van der Waals surface area contributed by atoms with Crippen molar-refractivity contribution >= 4 is 5.78 Å². The quantitative estimate of drug-likeness (QED) is 0.0600. The summed E-state index contributed by atoms with van der Waals surface area (Å²) in [6.45, 7) is 12.0. The summed E-state index contributed by atoms with van der Waals surface area (Å²) in [5.41, 5.74) is 0. The number of aliphatic hydroxyl groups is 8. The monoisotopic (exact) mass is 1170 g/mol. The maximum absolute atomic E-state index is 11.6. The number of ketones is 1. The van der Waals surface area contributed by atoms with Gasteiger partial charge in [-0.1, -0.05) is 0 Å². The number of hydrogen-bond donors (Lipinski definition) is 8. The third kappa shape index (κ3) is 134. The lowest BCUT2D eigenvalue weighted by atomic mass is 10.4. The number of hydrogen-bond acceptors (Lipinski definition) is 19. The minimum absolute atomic E-state index is 0.0585. The fourth-order valence-corrected chi connectivity index (χ4v) is 3.29. The Morgan fingerprint density at radius 2 is 0.632 bits per heavy atom. The molecule has 0 aromatic carbocycles. The van der Waals surface area contributed by atoms with Crippen molar-refractivity contribution in [3.63, 3.8) is 0 Å². The van der Waals surface area contributed by atoms with Gasteiger partial charge in [-0.15, -0.1) is 0 Å². The Hall–Kier alpha value is -1.89. The minimum atomic E-state index is -1.25. The smallest absolute Gasteiger partial charge is 0.188 e. The Bertz CT molecular complexity index is 922. The van der Waals surface area contributed by atoms with Crippen molar-refractivity contribution in [2.24, 2.45) is 0 Å². The van der Waals surface area contributed by atoms with E-state index in [1.165, 1.54) is 55.4 Å². The van der Waals surface area contributed by atoms with Gasteiger partial charge in [0.25, 0.3) is 0 Å². The van der Waals surface area contributed by atoms with E-state index in [0.717, 1.165) is 0 Å². The number of alkyl halides is 12. The van der Waals surface area contributed by atoms with Crippen molar-refractivity contribution in [3.05, 3.63) is 0 Å². The zero-order valence-corrected chi connectivity index (χ0v) is 46.5. The molecular formula is C45H98F12O19. The molecule has 2 rings (SSSR count). The molecular weight excluding hydrogens is 1070 g/mol. The van der Waals surface area contributed by atoms with E-state index in [2.05, 4.69) is 18.9 Å². The predicted molar refractivity (Wildman–Crippen MR) is 260 cm³/mol. The number of ether oxygens (including phenoxy) is 10. The summed E-state index contributed by atoms with van der Waals surface area (Å²) in [5.74, 6) is -0.936.